The van der Waals surface area contributed by atoms with E-state index in [1.54, 1.807) is 7.11 Å². The van der Waals surface area contributed by atoms with Crippen molar-refractivity contribution in [1.29, 1.82) is 0 Å². The van der Waals surface area contributed by atoms with Gasteiger partial charge in [-0.15, -0.1) is 0 Å². The first kappa shape index (κ1) is 29.0. The molecule has 3 aliphatic heterocycles. The zero-order valence-corrected chi connectivity index (χ0v) is 23.3. The van der Waals surface area contributed by atoms with E-state index in [4.69, 9.17) is 18.9 Å². The van der Waals surface area contributed by atoms with Crippen molar-refractivity contribution in [3.8, 4) is 0 Å². The van der Waals surface area contributed by atoms with E-state index in [0.717, 1.165) is 37.7 Å². The lowest BCUT2D eigenvalue weighted by atomic mass is 9.90. The monoisotopic (exact) mass is 526 g/mol. The highest BCUT2D eigenvalue weighted by Gasteiger charge is 2.45. The van der Waals surface area contributed by atoms with Crippen LogP contribution in [0.3, 0.4) is 0 Å². The molecule has 1 unspecified atom stereocenters. The summed E-state index contributed by atoms with van der Waals surface area (Å²) >= 11 is 0. The number of hydrogen-bond donors (Lipinski definition) is 1. The first-order valence-corrected chi connectivity index (χ1v) is 14.3. The van der Waals surface area contributed by atoms with Crippen molar-refractivity contribution in [3.63, 3.8) is 0 Å². The molecule has 4 rings (SSSR count). The fourth-order valence-corrected chi connectivity index (χ4v) is 6.10. The van der Waals surface area contributed by atoms with Gasteiger partial charge in [0.2, 0.25) is 0 Å². The number of methoxy groups -OCH3 is 1. The van der Waals surface area contributed by atoms with Gasteiger partial charge in [-0.3, -0.25) is 0 Å². The van der Waals surface area contributed by atoms with Crippen LogP contribution in [0.2, 0.25) is 0 Å². The normalized spacial score (nSPS) is 38.1. The maximum absolute atomic E-state index is 12.9. The van der Waals surface area contributed by atoms with Crippen LogP contribution in [0.25, 0.3) is 0 Å². The van der Waals surface area contributed by atoms with Crippen molar-refractivity contribution in [2.75, 3.05) is 13.7 Å². The van der Waals surface area contributed by atoms with Crippen molar-refractivity contribution >= 4 is 5.97 Å². The van der Waals surface area contributed by atoms with Gasteiger partial charge in [0.15, 0.2) is 0 Å². The Balaban J connectivity index is 1.47. The van der Waals surface area contributed by atoms with Gasteiger partial charge >= 0.3 is 5.97 Å². The van der Waals surface area contributed by atoms with Gasteiger partial charge in [-0.2, -0.15) is 0 Å². The molecule has 6 heteroatoms. The van der Waals surface area contributed by atoms with Crippen molar-refractivity contribution in [3.05, 3.63) is 60.3 Å². The summed E-state index contributed by atoms with van der Waals surface area (Å²) in [6.07, 6.45) is 19.0. The molecule has 9 atom stereocenters. The summed E-state index contributed by atoms with van der Waals surface area (Å²) in [6.45, 7) is 9.23. The first-order valence-electron chi connectivity index (χ1n) is 14.3. The van der Waals surface area contributed by atoms with Gasteiger partial charge in [0.1, 0.15) is 12.2 Å². The van der Waals surface area contributed by atoms with Crippen LogP contribution in [0.5, 0.6) is 0 Å². The van der Waals surface area contributed by atoms with E-state index in [-0.39, 0.29) is 36.1 Å². The van der Waals surface area contributed by atoms with Crippen LogP contribution in [0.15, 0.2) is 60.3 Å². The number of rotatable bonds is 4. The number of cyclic esters (lactones) is 1. The summed E-state index contributed by atoms with van der Waals surface area (Å²) in [5, 5.41) is 11.0. The molecule has 210 valence electrons. The smallest absolute Gasteiger partial charge is 0.330 e. The molecule has 1 fully saturated rings. The number of ether oxygens (including phenoxy) is 4. The van der Waals surface area contributed by atoms with E-state index < -0.39 is 18.3 Å². The second kappa shape index (κ2) is 13.9. The molecular weight excluding hydrogens is 480 g/mol. The maximum Gasteiger partial charge on any atom is 0.330 e. The van der Waals surface area contributed by atoms with Crippen LogP contribution in [0.4, 0.5) is 0 Å². The highest BCUT2D eigenvalue weighted by Crippen LogP contribution is 2.47. The topological polar surface area (TPSA) is 74.2 Å². The Morgan fingerprint density at radius 1 is 1.16 bits per heavy atom. The van der Waals surface area contributed by atoms with E-state index in [2.05, 4.69) is 38.7 Å². The first-order chi connectivity index (χ1) is 18.3. The van der Waals surface area contributed by atoms with Crippen LogP contribution >= 0.6 is 0 Å². The summed E-state index contributed by atoms with van der Waals surface area (Å²) in [5.74, 6) is 0.546. The molecule has 0 saturated heterocycles. The molecule has 0 spiro atoms. The lowest BCUT2D eigenvalue weighted by molar-refractivity contribution is -0.149. The molecule has 6 nitrogen and oxygen atoms in total. The number of fused-ring (bicyclic) bond motifs is 3. The molecule has 0 amide bonds. The Labute approximate surface area is 228 Å². The van der Waals surface area contributed by atoms with Gasteiger partial charge in [0, 0.05) is 13.2 Å². The van der Waals surface area contributed by atoms with Crippen LogP contribution in [0.1, 0.15) is 65.2 Å². The van der Waals surface area contributed by atoms with Crippen molar-refractivity contribution in [1.82, 2.24) is 0 Å². The van der Waals surface area contributed by atoms with Gasteiger partial charge in [0.05, 0.1) is 31.0 Å². The van der Waals surface area contributed by atoms with Crippen LogP contribution in [-0.4, -0.2) is 61.4 Å². The van der Waals surface area contributed by atoms with E-state index in [1.165, 1.54) is 11.6 Å². The highest BCUT2D eigenvalue weighted by molar-refractivity contribution is 5.82. The Morgan fingerprint density at radius 3 is 2.79 bits per heavy atom. The fraction of sp³-hybridized carbons (Fsp3) is 0.656. The zero-order chi connectivity index (χ0) is 27.1. The number of esters is 1. The summed E-state index contributed by atoms with van der Waals surface area (Å²) < 4.78 is 23.9. The number of carbonyl (C=O) groups excluding carboxylic acids is 1. The molecule has 0 aromatic heterocycles. The summed E-state index contributed by atoms with van der Waals surface area (Å²) in [7, 11) is 1.64. The molecular formula is C32H46O6. The van der Waals surface area contributed by atoms with Crippen LogP contribution < -0.4 is 0 Å². The third-order valence-corrected chi connectivity index (χ3v) is 8.23. The molecule has 4 aliphatic rings. The second-order valence-corrected chi connectivity index (χ2v) is 11.7. The molecule has 38 heavy (non-hydrogen) atoms. The third-order valence-electron chi connectivity index (χ3n) is 8.23. The standard InChI is InChI=1S/C32H46O6/c1-21-13-14-36-26(16-21)11-12-30(35-4)31-20-24-19-28(24)29(33)18-23(3)15-22(2)17-27-9-5-7-25(37-27)8-6-10-32(34)38-31/h5-7,10-13,22,24-31,33H,3,8-9,14-20H2,1-2,4H3/t22-,24-,25-,26+,27-,28?,29-,30-,31-/m0/s1. The largest absolute Gasteiger partial charge is 0.456 e. The van der Waals surface area contributed by atoms with E-state index in [1.807, 2.05) is 18.2 Å². The van der Waals surface area contributed by atoms with Crippen molar-refractivity contribution < 1.29 is 28.8 Å². The van der Waals surface area contributed by atoms with E-state index >= 15 is 0 Å². The Kier molecular flexibility index (Phi) is 10.6. The Bertz CT molecular complexity index is 932. The number of aliphatic hydroxyl groups is 1. The molecule has 0 aromatic rings. The molecule has 1 N–H and O–H groups in total. The molecule has 1 aliphatic carbocycles. The predicted molar refractivity (Wildman–Crippen MR) is 148 cm³/mol. The third kappa shape index (κ3) is 8.77. The van der Waals surface area contributed by atoms with Gasteiger partial charge in [-0.05, 0) is 76.0 Å². The van der Waals surface area contributed by atoms with E-state index in [0.29, 0.717) is 31.8 Å². The quantitative estimate of drug-likeness (QED) is 0.378. The lowest BCUT2D eigenvalue weighted by Crippen LogP contribution is -2.32. The van der Waals surface area contributed by atoms with Gasteiger partial charge < -0.3 is 24.1 Å². The predicted octanol–water partition coefficient (Wildman–Crippen LogP) is 5.63. The molecule has 3 heterocycles. The summed E-state index contributed by atoms with van der Waals surface area (Å²) in [5.41, 5.74) is 2.40. The SMILES string of the molecule is C=C1C[C@H](C)C[C@@H]2CC=C[C@@H](CC=CC(=O)O[C@H]([C@H](C=C[C@@H]3CC(C)=CCO3)OC)C[C@@H]3CC3[C@@H](O)C1)O2. The average molecular weight is 527 g/mol. The van der Waals surface area contributed by atoms with Crippen LogP contribution in [-0.2, 0) is 23.7 Å². The summed E-state index contributed by atoms with van der Waals surface area (Å²) in [4.78, 5) is 12.9. The Hall–Kier alpha value is -1.99. The summed E-state index contributed by atoms with van der Waals surface area (Å²) in [6, 6.07) is 0. The molecule has 0 radical (unpaired) electrons. The highest BCUT2D eigenvalue weighted by atomic mass is 16.6. The zero-order valence-electron chi connectivity index (χ0n) is 23.3. The minimum absolute atomic E-state index is 0.0104. The van der Waals surface area contributed by atoms with Gasteiger partial charge in [-0.1, -0.05) is 61.1 Å². The maximum atomic E-state index is 12.9. The lowest BCUT2D eigenvalue weighted by Gasteiger charge is -2.28. The number of aliphatic hydroxyl groups excluding tert-OH is 1. The minimum Gasteiger partial charge on any atom is -0.456 e. The second-order valence-electron chi connectivity index (χ2n) is 11.7. The van der Waals surface area contributed by atoms with E-state index in [9.17, 15) is 9.90 Å². The van der Waals surface area contributed by atoms with Crippen molar-refractivity contribution in [2.45, 2.75) is 102 Å². The minimum atomic E-state index is -0.451. The number of hydrogen-bond acceptors (Lipinski definition) is 6. The Morgan fingerprint density at radius 2 is 2.00 bits per heavy atom. The van der Waals surface area contributed by atoms with Gasteiger partial charge in [0.25, 0.3) is 0 Å². The molecule has 2 bridgehead atoms. The fourth-order valence-electron chi connectivity index (χ4n) is 6.10. The molecule has 1 saturated carbocycles. The van der Waals surface area contributed by atoms with Gasteiger partial charge in [-0.25, -0.2) is 4.79 Å². The molecule has 0 aromatic carbocycles. The van der Waals surface area contributed by atoms with Crippen LogP contribution in [0, 0.1) is 17.8 Å². The number of carbonyl (C=O) groups is 1. The average Bonchev–Trinajstić information content (AvgIpc) is 3.63. The van der Waals surface area contributed by atoms with Crippen molar-refractivity contribution in [2.24, 2.45) is 17.8 Å².